The summed E-state index contributed by atoms with van der Waals surface area (Å²) in [5.74, 6) is 0.599. The van der Waals surface area contributed by atoms with E-state index in [9.17, 15) is 9.59 Å². The third-order valence-corrected chi connectivity index (χ3v) is 6.07. The predicted molar refractivity (Wildman–Crippen MR) is 110 cm³/mol. The first-order valence-corrected chi connectivity index (χ1v) is 10.4. The van der Waals surface area contributed by atoms with Crippen LogP contribution < -0.4 is 0 Å². The molecule has 1 aliphatic carbocycles. The molecule has 4 rings (SSSR count). The van der Waals surface area contributed by atoms with Gasteiger partial charge in [0.1, 0.15) is 0 Å². The summed E-state index contributed by atoms with van der Waals surface area (Å²) in [6, 6.07) is 18.1. The number of benzene rings is 2. The normalized spacial score (nSPS) is 17.7. The minimum Gasteiger partial charge on any atom is -0.339 e. The number of amides is 2. The summed E-state index contributed by atoms with van der Waals surface area (Å²) in [6.07, 6.45) is 5.17. The average molecular weight is 377 g/mol. The Kier molecular flexibility index (Phi) is 5.75. The highest BCUT2D eigenvalue weighted by Gasteiger charge is 2.31. The molecule has 0 unspecified atom stereocenters. The fourth-order valence-electron chi connectivity index (χ4n) is 4.43. The molecule has 2 fully saturated rings. The molecule has 146 valence electrons. The lowest BCUT2D eigenvalue weighted by atomic mass is 9.98. The van der Waals surface area contributed by atoms with E-state index in [4.69, 9.17) is 0 Å². The van der Waals surface area contributed by atoms with Crippen molar-refractivity contribution in [1.82, 2.24) is 9.80 Å². The molecule has 0 bridgehead atoms. The lowest BCUT2D eigenvalue weighted by molar-refractivity contribution is -0.136. The van der Waals surface area contributed by atoms with Crippen LogP contribution in [-0.2, 0) is 11.2 Å². The van der Waals surface area contributed by atoms with Crippen LogP contribution in [0, 0.1) is 5.92 Å². The molecule has 1 aliphatic heterocycles. The fraction of sp³-hybridized carbons (Fsp3) is 0.417. The van der Waals surface area contributed by atoms with E-state index < -0.39 is 0 Å². The number of rotatable bonds is 4. The van der Waals surface area contributed by atoms with Gasteiger partial charge in [0.2, 0.25) is 5.91 Å². The zero-order chi connectivity index (χ0) is 19.3. The Morgan fingerprint density at radius 2 is 1.39 bits per heavy atom. The van der Waals surface area contributed by atoms with Crippen molar-refractivity contribution in [3.05, 3.63) is 71.3 Å². The van der Waals surface area contributed by atoms with Gasteiger partial charge >= 0.3 is 0 Å². The van der Waals surface area contributed by atoms with Gasteiger partial charge in [-0.25, -0.2) is 0 Å². The van der Waals surface area contributed by atoms with E-state index >= 15 is 0 Å². The van der Waals surface area contributed by atoms with Crippen LogP contribution in [0.2, 0.25) is 0 Å². The largest absolute Gasteiger partial charge is 0.339 e. The number of hydrogen-bond acceptors (Lipinski definition) is 2. The van der Waals surface area contributed by atoms with Crippen molar-refractivity contribution >= 4 is 11.8 Å². The van der Waals surface area contributed by atoms with E-state index in [-0.39, 0.29) is 11.8 Å². The van der Waals surface area contributed by atoms with E-state index in [1.807, 2.05) is 52.3 Å². The first-order chi connectivity index (χ1) is 13.7. The zero-order valence-corrected chi connectivity index (χ0v) is 16.3. The third-order valence-electron chi connectivity index (χ3n) is 6.07. The van der Waals surface area contributed by atoms with Gasteiger partial charge in [0.15, 0.2) is 0 Å². The summed E-state index contributed by atoms with van der Waals surface area (Å²) in [4.78, 5) is 29.7. The summed E-state index contributed by atoms with van der Waals surface area (Å²) >= 11 is 0. The summed E-state index contributed by atoms with van der Waals surface area (Å²) in [5, 5.41) is 0. The fourth-order valence-corrected chi connectivity index (χ4v) is 4.43. The Morgan fingerprint density at radius 1 is 0.786 bits per heavy atom. The molecule has 2 aliphatic rings. The molecule has 4 nitrogen and oxygen atoms in total. The lowest BCUT2D eigenvalue weighted by Gasteiger charge is -2.36. The van der Waals surface area contributed by atoms with Gasteiger partial charge in [0.25, 0.3) is 5.91 Å². The molecule has 4 heteroatoms. The van der Waals surface area contributed by atoms with Gasteiger partial charge in [0, 0.05) is 37.7 Å². The molecule has 0 radical (unpaired) electrons. The lowest BCUT2D eigenvalue weighted by Crippen LogP contribution is -2.51. The van der Waals surface area contributed by atoms with Crippen LogP contribution in [0.15, 0.2) is 54.6 Å². The van der Waals surface area contributed by atoms with E-state index in [0.29, 0.717) is 32.1 Å². The van der Waals surface area contributed by atoms with Crippen molar-refractivity contribution in [2.75, 3.05) is 26.2 Å². The van der Waals surface area contributed by atoms with Crippen LogP contribution in [0.25, 0.3) is 0 Å². The monoisotopic (exact) mass is 376 g/mol. The number of carbonyl (C=O) groups is 2. The second-order valence-corrected chi connectivity index (χ2v) is 7.92. The smallest absolute Gasteiger partial charge is 0.254 e. The number of carbonyl (C=O) groups excluding carboxylic acids is 2. The molecule has 28 heavy (non-hydrogen) atoms. The Bertz CT molecular complexity index is 820. The molecular formula is C24H28N2O2. The van der Waals surface area contributed by atoms with Gasteiger partial charge in [-0.05, 0) is 36.5 Å². The second kappa shape index (κ2) is 8.59. The Morgan fingerprint density at radius 3 is 2.11 bits per heavy atom. The predicted octanol–water partition coefficient (Wildman–Crippen LogP) is 3.75. The van der Waals surface area contributed by atoms with Crippen molar-refractivity contribution in [2.24, 2.45) is 5.92 Å². The highest BCUT2D eigenvalue weighted by atomic mass is 16.2. The summed E-state index contributed by atoms with van der Waals surface area (Å²) in [5.41, 5.74) is 3.04. The average Bonchev–Trinajstić information content (AvgIpc) is 3.29. The second-order valence-electron chi connectivity index (χ2n) is 7.92. The minimum atomic E-state index is 0.0829. The summed E-state index contributed by atoms with van der Waals surface area (Å²) in [6.45, 7) is 2.55. The number of nitrogens with zero attached hydrogens (tertiary/aromatic N) is 2. The van der Waals surface area contributed by atoms with Crippen LogP contribution in [0.4, 0.5) is 0 Å². The van der Waals surface area contributed by atoms with Gasteiger partial charge in [0.05, 0.1) is 0 Å². The van der Waals surface area contributed by atoms with Gasteiger partial charge in [-0.1, -0.05) is 61.4 Å². The standard InChI is InChI=1S/C24H28N2O2/c27-23(20-10-4-5-11-20)25-14-16-26(17-15-25)24(28)22-13-7-6-12-21(22)18-19-8-2-1-3-9-19/h1-3,6-9,12-13,20H,4-5,10-11,14-18H2. The maximum Gasteiger partial charge on any atom is 0.254 e. The molecule has 1 saturated carbocycles. The van der Waals surface area contributed by atoms with E-state index in [0.717, 1.165) is 30.4 Å². The molecule has 2 amide bonds. The molecule has 2 aromatic carbocycles. The van der Waals surface area contributed by atoms with Gasteiger partial charge in [-0.15, -0.1) is 0 Å². The maximum absolute atomic E-state index is 13.2. The third kappa shape index (κ3) is 4.11. The molecule has 0 spiro atoms. The van der Waals surface area contributed by atoms with Crippen molar-refractivity contribution in [1.29, 1.82) is 0 Å². The highest BCUT2D eigenvalue weighted by molar-refractivity contribution is 5.96. The van der Waals surface area contributed by atoms with Crippen molar-refractivity contribution < 1.29 is 9.59 Å². The molecule has 0 atom stereocenters. The minimum absolute atomic E-state index is 0.0829. The first-order valence-electron chi connectivity index (χ1n) is 10.4. The van der Waals surface area contributed by atoms with Gasteiger partial charge in [-0.2, -0.15) is 0 Å². The Balaban J connectivity index is 1.41. The van der Waals surface area contributed by atoms with E-state index in [1.165, 1.54) is 18.4 Å². The molecule has 1 saturated heterocycles. The molecule has 0 N–H and O–H groups in total. The Hall–Kier alpha value is -2.62. The zero-order valence-electron chi connectivity index (χ0n) is 16.3. The van der Waals surface area contributed by atoms with Gasteiger partial charge in [-0.3, -0.25) is 9.59 Å². The van der Waals surface area contributed by atoms with Crippen LogP contribution in [0.5, 0.6) is 0 Å². The summed E-state index contributed by atoms with van der Waals surface area (Å²) < 4.78 is 0. The van der Waals surface area contributed by atoms with E-state index in [2.05, 4.69) is 12.1 Å². The van der Waals surface area contributed by atoms with Crippen molar-refractivity contribution in [3.8, 4) is 0 Å². The topological polar surface area (TPSA) is 40.6 Å². The SMILES string of the molecule is O=C(c1ccccc1Cc1ccccc1)N1CCN(C(=O)C2CCCC2)CC1. The molecule has 0 aromatic heterocycles. The van der Waals surface area contributed by atoms with Crippen LogP contribution >= 0.6 is 0 Å². The highest BCUT2D eigenvalue weighted by Crippen LogP contribution is 2.27. The maximum atomic E-state index is 13.2. The van der Waals surface area contributed by atoms with Crippen molar-refractivity contribution in [3.63, 3.8) is 0 Å². The summed E-state index contributed by atoms with van der Waals surface area (Å²) in [7, 11) is 0. The number of piperazine rings is 1. The van der Waals surface area contributed by atoms with Crippen molar-refractivity contribution in [2.45, 2.75) is 32.1 Å². The number of hydrogen-bond donors (Lipinski definition) is 0. The molecule has 2 aromatic rings. The van der Waals surface area contributed by atoms with E-state index in [1.54, 1.807) is 0 Å². The molecular weight excluding hydrogens is 348 g/mol. The first kappa shape index (κ1) is 18.7. The molecule has 1 heterocycles. The Labute approximate surface area is 167 Å². The van der Waals surface area contributed by atoms with Crippen LogP contribution in [-0.4, -0.2) is 47.8 Å². The van der Waals surface area contributed by atoms with Crippen LogP contribution in [0.1, 0.15) is 47.2 Å². The van der Waals surface area contributed by atoms with Crippen LogP contribution in [0.3, 0.4) is 0 Å². The van der Waals surface area contributed by atoms with Gasteiger partial charge < -0.3 is 9.80 Å². The quantitative estimate of drug-likeness (QED) is 0.815.